The number of fused-ring (bicyclic) bond motifs is 1. The van der Waals surface area contributed by atoms with E-state index in [9.17, 15) is 10.1 Å². The minimum Gasteiger partial charge on any atom is -0.372 e. The Morgan fingerprint density at radius 3 is 2.45 bits per heavy atom. The molecule has 0 amide bonds. The van der Waals surface area contributed by atoms with Crippen LogP contribution >= 0.6 is 11.6 Å². The van der Waals surface area contributed by atoms with E-state index < -0.39 is 5.54 Å². The summed E-state index contributed by atoms with van der Waals surface area (Å²) in [6, 6.07) is 11.0. The molecule has 1 aliphatic rings. The van der Waals surface area contributed by atoms with Crippen molar-refractivity contribution < 1.29 is 4.74 Å². The molecule has 4 heterocycles. The molecule has 3 aromatic heterocycles. The van der Waals surface area contributed by atoms with Crippen LogP contribution in [0.5, 0.6) is 0 Å². The Kier molecular flexibility index (Phi) is 7.36. The topological polar surface area (TPSA) is 121 Å². The highest BCUT2D eigenvalue weighted by Crippen LogP contribution is 2.34. The largest absolute Gasteiger partial charge is 0.372 e. The van der Waals surface area contributed by atoms with Crippen LogP contribution in [0.1, 0.15) is 39.1 Å². The van der Waals surface area contributed by atoms with Gasteiger partial charge in [-0.3, -0.25) is 4.79 Å². The van der Waals surface area contributed by atoms with E-state index >= 15 is 0 Å². The van der Waals surface area contributed by atoms with Gasteiger partial charge < -0.3 is 24.8 Å². The highest BCUT2D eigenvalue weighted by atomic mass is 35.5. The third-order valence-electron chi connectivity index (χ3n) is 6.98. The molecule has 0 aliphatic carbocycles. The maximum absolute atomic E-state index is 13.1. The first kappa shape index (κ1) is 27.4. The molecule has 0 radical (unpaired) electrons. The third kappa shape index (κ3) is 5.30. The van der Waals surface area contributed by atoms with E-state index in [0.717, 1.165) is 24.2 Å². The van der Waals surface area contributed by atoms with Gasteiger partial charge in [-0.2, -0.15) is 5.26 Å². The molecule has 0 spiro atoms. The fraction of sp³-hybridized carbons (Fsp3) is 0.345. The van der Waals surface area contributed by atoms with E-state index in [2.05, 4.69) is 40.4 Å². The van der Waals surface area contributed by atoms with Crippen molar-refractivity contribution in [3.8, 4) is 6.07 Å². The molecule has 1 aromatic carbocycles. The summed E-state index contributed by atoms with van der Waals surface area (Å²) >= 11 is 6.13. The van der Waals surface area contributed by atoms with Gasteiger partial charge in [0.25, 0.3) is 5.56 Å². The maximum Gasteiger partial charge on any atom is 0.252 e. The molecule has 10 nitrogen and oxygen atoms in total. The fourth-order valence-corrected chi connectivity index (χ4v) is 5.32. The summed E-state index contributed by atoms with van der Waals surface area (Å²) in [5.74, 6) is 0.596. The van der Waals surface area contributed by atoms with E-state index in [1.807, 2.05) is 44.4 Å². The summed E-state index contributed by atoms with van der Waals surface area (Å²) in [5, 5.41) is 17.3. The fourth-order valence-electron chi connectivity index (χ4n) is 5.12. The van der Waals surface area contributed by atoms with Crippen molar-refractivity contribution in [3.63, 3.8) is 0 Å². The lowest BCUT2D eigenvalue weighted by Gasteiger charge is -2.36. The Morgan fingerprint density at radius 2 is 1.77 bits per heavy atom. The van der Waals surface area contributed by atoms with Crippen LogP contribution in [0.3, 0.4) is 0 Å². The van der Waals surface area contributed by atoms with Crippen molar-refractivity contribution >= 4 is 45.3 Å². The smallest absolute Gasteiger partial charge is 0.252 e. The molecule has 11 heteroatoms. The van der Waals surface area contributed by atoms with Crippen LogP contribution in [0, 0.1) is 11.3 Å². The van der Waals surface area contributed by atoms with Crippen molar-refractivity contribution in [2.75, 3.05) is 28.6 Å². The molecular formula is C29H31ClN8O2. The first-order chi connectivity index (χ1) is 19.1. The van der Waals surface area contributed by atoms with Gasteiger partial charge in [0, 0.05) is 43.5 Å². The number of nitriles is 1. The summed E-state index contributed by atoms with van der Waals surface area (Å²) in [6.07, 6.45) is 5.48. The molecule has 1 aliphatic heterocycles. The monoisotopic (exact) mass is 558 g/mol. The van der Waals surface area contributed by atoms with Gasteiger partial charge in [-0.15, -0.1) is 0 Å². The number of morpholine rings is 1. The summed E-state index contributed by atoms with van der Waals surface area (Å²) < 4.78 is 7.42. The number of benzene rings is 1. The zero-order valence-corrected chi connectivity index (χ0v) is 23.8. The summed E-state index contributed by atoms with van der Waals surface area (Å²) in [6.45, 7) is 9.65. The van der Waals surface area contributed by atoms with Gasteiger partial charge >= 0.3 is 0 Å². The molecule has 0 bridgehead atoms. The number of anilines is 4. The molecule has 1 fully saturated rings. The zero-order valence-electron chi connectivity index (χ0n) is 23.1. The molecular weight excluding hydrogens is 528 g/mol. The van der Waals surface area contributed by atoms with Crippen molar-refractivity contribution in [1.82, 2.24) is 19.5 Å². The van der Waals surface area contributed by atoms with Gasteiger partial charge in [0.2, 0.25) is 0 Å². The van der Waals surface area contributed by atoms with Crippen LogP contribution in [0.15, 0.2) is 53.7 Å². The van der Waals surface area contributed by atoms with Crippen molar-refractivity contribution in [1.29, 1.82) is 5.26 Å². The van der Waals surface area contributed by atoms with Crippen molar-refractivity contribution in [3.05, 3.63) is 75.8 Å². The SMILES string of the molecule is C[C@@H]1CN(c2cnc(C(C)(C)Nc3cc(=O)n(C)c4c(Nc5ccnc(Cl)c5C#N)cccc34)nc2)C[C@H](C)O1. The van der Waals surface area contributed by atoms with E-state index in [4.69, 9.17) is 26.3 Å². The van der Waals surface area contributed by atoms with E-state index in [-0.39, 0.29) is 28.5 Å². The highest BCUT2D eigenvalue weighted by molar-refractivity contribution is 6.31. The van der Waals surface area contributed by atoms with Crippen LogP contribution in [-0.2, 0) is 17.3 Å². The standard InChI is InChI=1S/C29H31ClN8O2/c1-17-15-38(16-18(2)40-17)19-13-33-28(34-14-19)29(3,4)36-24-11-25(39)37(5)26-20(24)7-6-8-23(26)35-22-9-10-32-27(30)21(22)12-31/h6-11,13-14,17-18,36H,15-16H2,1-5H3,(H,32,35)/t17-,18+. The number of para-hydroxylation sites is 1. The molecule has 4 aromatic rings. The van der Waals surface area contributed by atoms with Crippen LogP contribution in [0.4, 0.5) is 22.7 Å². The molecule has 2 N–H and O–H groups in total. The van der Waals surface area contributed by atoms with Gasteiger partial charge in [-0.25, -0.2) is 15.0 Å². The molecule has 1 saturated heterocycles. The van der Waals surface area contributed by atoms with Crippen LogP contribution in [-0.4, -0.2) is 44.8 Å². The Bertz CT molecular complexity index is 1650. The lowest BCUT2D eigenvalue weighted by Crippen LogP contribution is -2.45. The van der Waals surface area contributed by atoms with Gasteiger partial charge in [0.1, 0.15) is 16.8 Å². The molecule has 206 valence electrons. The number of halogens is 1. The second-order valence-corrected chi connectivity index (χ2v) is 11.0. The first-order valence-electron chi connectivity index (χ1n) is 13.0. The Morgan fingerprint density at radius 1 is 1.07 bits per heavy atom. The molecule has 5 rings (SSSR count). The third-order valence-corrected chi connectivity index (χ3v) is 7.26. The predicted molar refractivity (Wildman–Crippen MR) is 157 cm³/mol. The Hall–Kier alpha value is -4.20. The number of aromatic nitrogens is 4. The van der Waals surface area contributed by atoms with E-state index in [0.29, 0.717) is 28.4 Å². The number of ether oxygens (including phenoxy) is 1. The number of aryl methyl sites for hydroxylation is 1. The number of nitrogens with one attached hydrogen (secondary N) is 2. The summed E-state index contributed by atoms with van der Waals surface area (Å²) in [5.41, 5.74) is 2.73. The lowest BCUT2D eigenvalue weighted by molar-refractivity contribution is -0.00525. The number of hydrogen-bond acceptors (Lipinski definition) is 9. The van der Waals surface area contributed by atoms with Crippen molar-refractivity contribution in [2.24, 2.45) is 7.05 Å². The maximum atomic E-state index is 13.1. The second-order valence-electron chi connectivity index (χ2n) is 10.6. The van der Waals surface area contributed by atoms with Gasteiger partial charge in [-0.05, 0) is 39.8 Å². The molecule has 0 saturated carbocycles. The van der Waals surface area contributed by atoms with Crippen LogP contribution in [0.25, 0.3) is 10.9 Å². The summed E-state index contributed by atoms with van der Waals surface area (Å²) in [4.78, 5) is 28.7. The predicted octanol–water partition coefficient (Wildman–Crippen LogP) is 4.95. The quantitative estimate of drug-likeness (QED) is 0.316. The molecule has 2 atom stereocenters. The van der Waals surface area contributed by atoms with Crippen molar-refractivity contribution in [2.45, 2.75) is 45.4 Å². The molecule has 40 heavy (non-hydrogen) atoms. The average molecular weight is 559 g/mol. The van der Waals surface area contributed by atoms with Crippen LogP contribution in [0.2, 0.25) is 5.15 Å². The number of pyridine rings is 2. The number of hydrogen-bond donors (Lipinski definition) is 2. The normalized spacial score (nSPS) is 17.5. The second kappa shape index (κ2) is 10.8. The molecule has 0 unspecified atom stereocenters. The first-order valence-corrected chi connectivity index (χ1v) is 13.4. The van der Waals surface area contributed by atoms with Gasteiger partial charge in [0.05, 0.1) is 52.7 Å². The van der Waals surface area contributed by atoms with Gasteiger partial charge in [0.15, 0.2) is 5.82 Å². The minimum absolute atomic E-state index is 0.106. The zero-order chi connectivity index (χ0) is 28.6. The lowest BCUT2D eigenvalue weighted by atomic mass is 10.0. The Labute approximate surface area is 237 Å². The number of rotatable bonds is 6. The minimum atomic E-state index is -0.695. The Balaban J connectivity index is 1.48. The summed E-state index contributed by atoms with van der Waals surface area (Å²) in [7, 11) is 1.71. The number of nitrogens with zero attached hydrogens (tertiary/aromatic N) is 6. The van der Waals surface area contributed by atoms with Gasteiger partial charge in [-0.1, -0.05) is 23.7 Å². The van der Waals surface area contributed by atoms with E-state index in [1.54, 1.807) is 23.7 Å². The van der Waals surface area contributed by atoms with Crippen LogP contribution < -0.4 is 21.1 Å². The average Bonchev–Trinajstić information content (AvgIpc) is 2.91. The highest BCUT2D eigenvalue weighted by Gasteiger charge is 2.27. The van der Waals surface area contributed by atoms with E-state index in [1.165, 1.54) is 6.20 Å².